The zero-order valence-corrected chi connectivity index (χ0v) is 34.9. The summed E-state index contributed by atoms with van der Waals surface area (Å²) in [5, 5.41) is 23.4. The fourth-order valence-corrected chi connectivity index (χ4v) is 7.54. The van der Waals surface area contributed by atoms with Crippen molar-refractivity contribution in [3.8, 4) is 0 Å². The van der Waals surface area contributed by atoms with Crippen molar-refractivity contribution in [1.82, 2.24) is 5.32 Å². The van der Waals surface area contributed by atoms with Crippen molar-refractivity contribution in [2.45, 2.75) is 244 Å². The minimum atomic E-state index is -4.44. The Kier molecular flexibility index (Phi) is 37.2. The number of nitrogens with one attached hydrogen (secondary N) is 1. The molecule has 0 spiro atoms. The van der Waals surface area contributed by atoms with E-state index >= 15 is 0 Å². The first-order chi connectivity index (χ1) is 25.2. The molecular weight excluding hydrogens is 671 g/mol. The van der Waals surface area contributed by atoms with Gasteiger partial charge in [-0.2, -0.15) is 8.42 Å². The quantitative estimate of drug-likeness (QED) is 0.0280. The van der Waals surface area contributed by atoms with E-state index in [4.69, 9.17) is 0 Å². The summed E-state index contributed by atoms with van der Waals surface area (Å²) in [4.78, 5) is 12.6. The zero-order valence-electron chi connectivity index (χ0n) is 34.1. The van der Waals surface area contributed by atoms with Crippen LogP contribution >= 0.6 is 0 Å². The van der Waals surface area contributed by atoms with Crippen molar-refractivity contribution in [2.75, 3.05) is 5.75 Å². The fourth-order valence-electron chi connectivity index (χ4n) is 6.80. The Balaban J connectivity index is 3.99. The van der Waals surface area contributed by atoms with Crippen molar-refractivity contribution in [1.29, 1.82) is 0 Å². The second-order valence-electron chi connectivity index (χ2n) is 15.5. The molecule has 0 fully saturated rings. The van der Waals surface area contributed by atoms with E-state index in [2.05, 4.69) is 31.3 Å². The lowest BCUT2D eigenvalue weighted by Gasteiger charge is -2.22. The molecule has 1 amide bonds. The summed E-state index contributed by atoms with van der Waals surface area (Å²) in [6.07, 6.45) is 45.2. The molecule has 0 rings (SSSR count). The maximum atomic E-state index is 12.6. The van der Waals surface area contributed by atoms with E-state index in [0.717, 1.165) is 44.9 Å². The average molecular weight is 756 g/mol. The summed E-state index contributed by atoms with van der Waals surface area (Å²) in [5.41, 5.74) is 0. The molecule has 0 saturated heterocycles. The van der Waals surface area contributed by atoms with Gasteiger partial charge in [0, 0.05) is 0 Å². The number of hydrogen-bond donors (Lipinski definition) is 4. The highest BCUT2D eigenvalue weighted by atomic mass is 32.2. The van der Waals surface area contributed by atoms with Gasteiger partial charge in [0.15, 0.2) is 0 Å². The molecule has 0 aromatic rings. The topological polar surface area (TPSA) is 124 Å². The van der Waals surface area contributed by atoms with Crippen molar-refractivity contribution < 1.29 is 28.0 Å². The summed E-state index contributed by atoms with van der Waals surface area (Å²) < 4.78 is 32.6. The minimum absolute atomic E-state index is 0.275. The smallest absolute Gasteiger partial charge is 0.267 e. The molecule has 0 heterocycles. The molecule has 0 aliphatic rings. The van der Waals surface area contributed by atoms with Gasteiger partial charge in [-0.25, -0.2) is 0 Å². The highest BCUT2D eigenvalue weighted by Crippen LogP contribution is 2.15. The maximum absolute atomic E-state index is 12.6. The predicted molar refractivity (Wildman–Crippen MR) is 222 cm³/mol. The lowest BCUT2D eigenvalue weighted by atomic mass is 10.0. The number of rotatable bonds is 40. The molecule has 52 heavy (non-hydrogen) atoms. The van der Waals surface area contributed by atoms with Gasteiger partial charge in [0.05, 0.1) is 17.9 Å². The van der Waals surface area contributed by atoms with E-state index in [1.807, 2.05) is 6.08 Å². The monoisotopic (exact) mass is 756 g/mol. The molecule has 0 aromatic heterocycles. The number of carbonyl (C=O) groups is 1. The number of hydrogen-bond acceptors (Lipinski definition) is 5. The number of aliphatic hydroxyl groups excluding tert-OH is 2. The summed E-state index contributed by atoms with van der Waals surface area (Å²) in [7, 11) is -4.44. The molecular formula is C44H85NO6S. The van der Waals surface area contributed by atoms with Gasteiger partial charge in [-0.3, -0.25) is 9.35 Å². The molecule has 0 bridgehead atoms. The minimum Gasteiger partial charge on any atom is -0.387 e. The van der Waals surface area contributed by atoms with Crippen LogP contribution < -0.4 is 5.32 Å². The number of aliphatic hydroxyl groups is 2. The second-order valence-corrected chi connectivity index (χ2v) is 17.0. The second kappa shape index (κ2) is 38.1. The summed E-state index contributed by atoms with van der Waals surface area (Å²) in [5.74, 6) is -1.54. The molecule has 4 N–H and O–H groups in total. The molecule has 7 nitrogen and oxygen atoms in total. The molecule has 0 saturated carbocycles. The Bertz CT molecular complexity index is 937. The number of amides is 1. The van der Waals surface area contributed by atoms with Gasteiger partial charge in [0.25, 0.3) is 10.1 Å². The Morgan fingerprint density at radius 1 is 0.519 bits per heavy atom. The van der Waals surface area contributed by atoms with E-state index in [0.29, 0.717) is 6.42 Å². The molecule has 3 atom stereocenters. The third-order valence-electron chi connectivity index (χ3n) is 10.2. The first-order valence-corrected chi connectivity index (χ1v) is 23.8. The van der Waals surface area contributed by atoms with Crippen molar-refractivity contribution in [3.63, 3.8) is 0 Å². The van der Waals surface area contributed by atoms with Gasteiger partial charge >= 0.3 is 0 Å². The highest BCUT2D eigenvalue weighted by molar-refractivity contribution is 7.85. The van der Waals surface area contributed by atoms with Crippen LogP contribution in [0.1, 0.15) is 226 Å². The zero-order chi connectivity index (χ0) is 38.4. The molecule has 0 radical (unpaired) electrons. The number of unbranched alkanes of at least 4 members (excludes halogenated alkanes) is 29. The van der Waals surface area contributed by atoms with Gasteiger partial charge in [0.1, 0.15) is 6.10 Å². The summed E-state index contributed by atoms with van der Waals surface area (Å²) in [6.45, 7) is 4.52. The van der Waals surface area contributed by atoms with E-state index in [-0.39, 0.29) is 6.42 Å². The standard InChI is InChI=1S/C44H85NO6S/c1-3-5-7-9-11-13-15-17-19-21-22-23-25-26-28-30-32-34-36-38-42(46)41(40-52(49,50)51)45-44(48)43(47)39-37-35-33-31-29-27-24-20-18-16-14-12-10-8-6-4-2/h18,20,36,38,41-43,46-47H,3-17,19,21-35,37,39-40H2,1-2H3,(H,45,48)(H,49,50,51)/b20-18-,38-36+. The van der Waals surface area contributed by atoms with Crippen LogP contribution in [0, 0.1) is 0 Å². The van der Waals surface area contributed by atoms with Crippen LogP contribution in [0.25, 0.3) is 0 Å². The van der Waals surface area contributed by atoms with E-state index in [1.165, 1.54) is 160 Å². The van der Waals surface area contributed by atoms with Crippen LogP contribution in [-0.2, 0) is 14.9 Å². The Morgan fingerprint density at radius 2 is 0.846 bits per heavy atom. The van der Waals surface area contributed by atoms with Gasteiger partial charge in [-0.15, -0.1) is 0 Å². The first kappa shape index (κ1) is 50.8. The fraction of sp³-hybridized carbons (Fsp3) is 0.886. The molecule has 0 aliphatic carbocycles. The largest absolute Gasteiger partial charge is 0.387 e. The van der Waals surface area contributed by atoms with E-state index in [9.17, 15) is 28.0 Å². The normalized spacial score (nSPS) is 14.0. The van der Waals surface area contributed by atoms with Gasteiger partial charge in [0.2, 0.25) is 5.91 Å². The third kappa shape index (κ3) is 37.1. The van der Waals surface area contributed by atoms with Crippen molar-refractivity contribution in [3.05, 3.63) is 24.3 Å². The van der Waals surface area contributed by atoms with Gasteiger partial charge < -0.3 is 15.5 Å². The Morgan fingerprint density at radius 3 is 1.21 bits per heavy atom. The van der Waals surface area contributed by atoms with Crippen LogP contribution in [0.15, 0.2) is 24.3 Å². The summed E-state index contributed by atoms with van der Waals surface area (Å²) >= 11 is 0. The van der Waals surface area contributed by atoms with Crippen molar-refractivity contribution >= 4 is 16.0 Å². The third-order valence-corrected chi connectivity index (χ3v) is 11.0. The molecule has 8 heteroatoms. The van der Waals surface area contributed by atoms with Crippen LogP contribution in [0.3, 0.4) is 0 Å². The van der Waals surface area contributed by atoms with Crippen LogP contribution in [0.2, 0.25) is 0 Å². The van der Waals surface area contributed by atoms with Gasteiger partial charge in [-0.05, 0) is 44.9 Å². The highest BCUT2D eigenvalue weighted by Gasteiger charge is 2.27. The van der Waals surface area contributed by atoms with E-state index in [1.54, 1.807) is 0 Å². The SMILES string of the molecule is CCCCCCCC/C=C\CCCCCCCCC(O)C(=O)NC(CS(=O)(=O)O)C(O)/C=C/CCCCCCCCCCCCCCCCCCC. The van der Waals surface area contributed by atoms with Crippen LogP contribution in [0.5, 0.6) is 0 Å². The maximum Gasteiger partial charge on any atom is 0.267 e. The molecule has 3 unspecified atom stereocenters. The van der Waals surface area contributed by atoms with Crippen LogP contribution in [0.4, 0.5) is 0 Å². The predicted octanol–water partition coefficient (Wildman–Crippen LogP) is 12.1. The molecule has 0 aliphatic heterocycles. The number of carbonyl (C=O) groups excluding carboxylic acids is 1. The number of allylic oxidation sites excluding steroid dienone is 3. The van der Waals surface area contributed by atoms with Gasteiger partial charge in [-0.1, -0.05) is 205 Å². The van der Waals surface area contributed by atoms with E-state index < -0.39 is 40.0 Å². The Hall–Kier alpha value is -1.22. The van der Waals surface area contributed by atoms with Crippen LogP contribution in [-0.4, -0.2) is 53.1 Å². The average Bonchev–Trinajstić information content (AvgIpc) is 3.11. The lowest BCUT2D eigenvalue weighted by Crippen LogP contribution is -2.50. The molecule has 308 valence electrons. The van der Waals surface area contributed by atoms with Crippen molar-refractivity contribution in [2.24, 2.45) is 0 Å². The Labute approximate surface area is 322 Å². The lowest BCUT2D eigenvalue weighted by molar-refractivity contribution is -0.130. The summed E-state index contributed by atoms with van der Waals surface area (Å²) in [6, 6.07) is -1.23. The first-order valence-electron chi connectivity index (χ1n) is 22.1. The molecule has 0 aromatic carbocycles.